The molecular formula is C11H15NO6S. The fraction of sp³-hybridized carbons (Fsp3) is 0.364. The van der Waals surface area contributed by atoms with Crippen LogP contribution < -0.4 is 9.46 Å². The number of aliphatic hydroxyl groups is 1. The van der Waals surface area contributed by atoms with E-state index in [-0.39, 0.29) is 4.90 Å². The summed E-state index contributed by atoms with van der Waals surface area (Å²) in [7, 11) is -2.67. The van der Waals surface area contributed by atoms with Crippen molar-refractivity contribution in [3.8, 4) is 5.75 Å². The van der Waals surface area contributed by atoms with Gasteiger partial charge < -0.3 is 14.9 Å². The van der Waals surface area contributed by atoms with E-state index in [1.807, 2.05) is 4.72 Å². The number of aliphatic carboxylic acids is 1. The minimum absolute atomic E-state index is 0.140. The molecule has 0 radical (unpaired) electrons. The second kappa shape index (κ2) is 6.00. The molecule has 0 saturated carbocycles. The highest BCUT2D eigenvalue weighted by molar-refractivity contribution is 7.89. The molecule has 8 heteroatoms. The average molecular weight is 289 g/mol. The third-order valence-corrected chi connectivity index (χ3v) is 3.82. The van der Waals surface area contributed by atoms with Gasteiger partial charge in [0.15, 0.2) is 0 Å². The van der Waals surface area contributed by atoms with Crippen molar-refractivity contribution in [1.29, 1.82) is 0 Å². The summed E-state index contributed by atoms with van der Waals surface area (Å²) in [6.07, 6.45) is -1.36. The molecule has 0 aromatic heterocycles. The van der Waals surface area contributed by atoms with Crippen LogP contribution in [0.2, 0.25) is 0 Å². The van der Waals surface area contributed by atoms with Gasteiger partial charge in [0.25, 0.3) is 0 Å². The maximum Gasteiger partial charge on any atom is 0.324 e. The van der Waals surface area contributed by atoms with Gasteiger partial charge in [-0.15, -0.1) is 0 Å². The molecule has 7 nitrogen and oxygen atoms in total. The molecule has 0 aliphatic rings. The maximum absolute atomic E-state index is 12.0. The predicted molar refractivity (Wildman–Crippen MR) is 66.4 cm³/mol. The number of carboxylic acid groups (broad SMARTS) is 1. The highest BCUT2D eigenvalue weighted by atomic mass is 32.2. The van der Waals surface area contributed by atoms with Gasteiger partial charge in [-0.1, -0.05) is 6.07 Å². The summed E-state index contributed by atoms with van der Waals surface area (Å²) in [5.41, 5.74) is 0. The van der Waals surface area contributed by atoms with E-state index in [2.05, 4.69) is 0 Å². The molecule has 0 bridgehead atoms. The molecule has 2 atom stereocenters. The van der Waals surface area contributed by atoms with Crippen LogP contribution in [-0.2, 0) is 14.8 Å². The topological polar surface area (TPSA) is 113 Å². The lowest BCUT2D eigenvalue weighted by molar-refractivity contribution is -0.141. The summed E-state index contributed by atoms with van der Waals surface area (Å²) >= 11 is 0. The van der Waals surface area contributed by atoms with Gasteiger partial charge in [-0.25, -0.2) is 8.42 Å². The van der Waals surface area contributed by atoms with Gasteiger partial charge in [-0.2, -0.15) is 4.72 Å². The van der Waals surface area contributed by atoms with Gasteiger partial charge in [0, 0.05) is 6.07 Å². The Morgan fingerprint density at radius 2 is 2.05 bits per heavy atom. The molecule has 0 saturated heterocycles. The Labute approximate surface area is 110 Å². The summed E-state index contributed by atoms with van der Waals surface area (Å²) in [6.45, 7) is 1.19. The van der Waals surface area contributed by atoms with Crippen LogP contribution in [0.1, 0.15) is 6.92 Å². The minimum Gasteiger partial charge on any atom is -0.497 e. The van der Waals surface area contributed by atoms with Crippen molar-refractivity contribution in [1.82, 2.24) is 4.72 Å². The number of sulfonamides is 1. The summed E-state index contributed by atoms with van der Waals surface area (Å²) in [4.78, 5) is 10.7. The predicted octanol–water partition coefficient (Wildman–Crippen LogP) is -0.193. The van der Waals surface area contributed by atoms with Crippen LogP contribution in [-0.4, -0.2) is 43.9 Å². The van der Waals surface area contributed by atoms with Crippen LogP contribution in [0.25, 0.3) is 0 Å². The van der Waals surface area contributed by atoms with Crippen LogP contribution in [0.3, 0.4) is 0 Å². The number of ether oxygens (including phenoxy) is 1. The van der Waals surface area contributed by atoms with Crippen molar-refractivity contribution < 1.29 is 28.2 Å². The molecule has 0 aliphatic carbocycles. The zero-order chi connectivity index (χ0) is 14.6. The zero-order valence-electron chi connectivity index (χ0n) is 10.4. The van der Waals surface area contributed by atoms with E-state index in [9.17, 15) is 18.3 Å². The molecule has 0 fully saturated rings. The first-order chi connectivity index (χ1) is 8.77. The van der Waals surface area contributed by atoms with E-state index in [1.165, 1.54) is 32.2 Å². The van der Waals surface area contributed by atoms with Crippen molar-refractivity contribution in [3.05, 3.63) is 24.3 Å². The zero-order valence-corrected chi connectivity index (χ0v) is 11.2. The lowest BCUT2D eigenvalue weighted by Crippen LogP contribution is -2.47. The highest BCUT2D eigenvalue weighted by Crippen LogP contribution is 2.17. The van der Waals surface area contributed by atoms with E-state index in [0.29, 0.717) is 5.75 Å². The second-order valence-electron chi connectivity index (χ2n) is 3.86. The lowest BCUT2D eigenvalue weighted by Gasteiger charge is -2.17. The first kappa shape index (κ1) is 15.4. The Kier molecular flexibility index (Phi) is 4.87. The highest BCUT2D eigenvalue weighted by Gasteiger charge is 2.29. The van der Waals surface area contributed by atoms with Crippen molar-refractivity contribution >= 4 is 16.0 Å². The minimum atomic E-state index is -4.05. The molecule has 0 aliphatic heterocycles. The van der Waals surface area contributed by atoms with Crippen molar-refractivity contribution in [2.24, 2.45) is 0 Å². The van der Waals surface area contributed by atoms with Gasteiger partial charge in [0.2, 0.25) is 10.0 Å². The molecule has 0 unspecified atom stereocenters. The largest absolute Gasteiger partial charge is 0.497 e. The standard InChI is InChI=1S/C11H15NO6S/c1-7(13)10(11(14)15)12-19(16,17)9-5-3-4-8(6-9)18-2/h3-7,10,12-13H,1-2H3,(H,14,15)/t7-,10+/m1/s1. The first-order valence-corrected chi connectivity index (χ1v) is 6.83. The monoisotopic (exact) mass is 289 g/mol. The molecule has 19 heavy (non-hydrogen) atoms. The van der Waals surface area contributed by atoms with Gasteiger partial charge in [0.05, 0.1) is 18.1 Å². The molecule has 3 N–H and O–H groups in total. The Balaban J connectivity index is 3.06. The van der Waals surface area contributed by atoms with Crippen LogP contribution >= 0.6 is 0 Å². The molecule has 1 rings (SSSR count). The third kappa shape index (κ3) is 3.91. The molecule has 106 valence electrons. The van der Waals surface area contributed by atoms with Crippen LogP contribution in [0, 0.1) is 0 Å². The van der Waals surface area contributed by atoms with Gasteiger partial charge in [-0.05, 0) is 19.1 Å². The Hall–Kier alpha value is -1.64. The summed E-state index contributed by atoms with van der Waals surface area (Å²) in [5.74, 6) is -1.13. The van der Waals surface area contributed by atoms with Crippen molar-refractivity contribution in [2.45, 2.75) is 24.0 Å². The van der Waals surface area contributed by atoms with E-state index >= 15 is 0 Å². The lowest BCUT2D eigenvalue weighted by atomic mass is 10.2. The van der Waals surface area contributed by atoms with Crippen molar-refractivity contribution in [3.63, 3.8) is 0 Å². The quantitative estimate of drug-likeness (QED) is 0.669. The number of carbonyl (C=O) groups is 1. The number of carboxylic acids is 1. The second-order valence-corrected chi connectivity index (χ2v) is 5.57. The van der Waals surface area contributed by atoms with Gasteiger partial charge in [0.1, 0.15) is 11.8 Å². The summed E-state index contributed by atoms with van der Waals surface area (Å²) in [5, 5.41) is 18.1. The number of benzene rings is 1. The first-order valence-electron chi connectivity index (χ1n) is 5.35. The fourth-order valence-corrected chi connectivity index (χ4v) is 2.66. The maximum atomic E-state index is 12.0. The summed E-state index contributed by atoms with van der Waals surface area (Å²) < 4.78 is 30.8. The smallest absolute Gasteiger partial charge is 0.324 e. The van der Waals surface area contributed by atoms with Gasteiger partial charge in [-0.3, -0.25) is 4.79 Å². The van der Waals surface area contributed by atoms with Crippen LogP contribution in [0.15, 0.2) is 29.2 Å². The molecule has 0 heterocycles. The number of aliphatic hydroxyl groups excluding tert-OH is 1. The molecular weight excluding hydrogens is 274 g/mol. The number of hydrogen-bond acceptors (Lipinski definition) is 5. The normalized spacial score (nSPS) is 14.7. The van der Waals surface area contributed by atoms with E-state index in [0.717, 1.165) is 0 Å². The van der Waals surface area contributed by atoms with E-state index in [4.69, 9.17) is 9.84 Å². The Morgan fingerprint density at radius 3 is 2.53 bits per heavy atom. The Morgan fingerprint density at radius 1 is 1.42 bits per heavy atom. The van der Waals surface area contributed by atoms with Gasteiger partial charge >= 0.3 is 5.97 Å². The molecule has 1 aromatic rings. The van der Waals surface area contributed by atoms with Crippen LogP contribution in [0.5, 0.6) is 5.75 Å². The molecule has 0 amide bonds. The Bertz CT molecular complexity index is 554. The molecule has 0 spiro atoms. The third-order valence-electron chi connectivity index (χ3n) is 2.38. The molecule has 1 aromatic carbocycles. The number of methoxy groups -OCH3 is 1. The summed E-state index contributed by atoms with van der Waals surface area (Å²) in [6, 6.07) is 3.96. The van der Waals surface area contributed by atoms with Crippen molar-refractivity contribution in [2.75, 3.05) is 7.11 Å². The fourth-order valence-electron chi connectivity index (χ4n) is 1.36. The number of nitrogens with one attached hydrogen (secondary N) is 1. The van der Waals surface area contributed by atoms with E-state index in [1.54, 1.807) is 6.07 Å². The number of rotatable bonds is 6. The SMILES string of the molecule is COc1cccc(S(=O)(=O)N[C@H](C(=O)O)[C@@H](C)O)c1. The average Bonchev–Trinajstić information content (AvgIpc) is 2.35. The number of hydrogen-bond donors (Lipinski definition) is 3. The van der Waals surface area contributed by atoms with Crippen LogP contribution in [0.4, 0.5) is 0 Å². The van der Waals surface area contributed by atoms with E-state index < -0.39 is 28.1 Å².